The van der Waals surface area contributed by atoms with E-state index in [-0.39, 0.29) is 29.6 Å². The second kappa shape index (κ2) is 13.9. The number of carboxylic acids is 1. The summed E-state index contributed by atoms with van der Waals surface area (Å²) >= 11 is 0. The molecule has 5 rings (SSSR count). The molecule has 1 saturated heterocycles. The highest BCUT2D eigenvalue weighted by molar-refractivity contribution is 7.81. The van der Waals surface area contributed by atoms with Crippen LogP contribution in [0, 0.1) is 11.2 Å². The van der Waals surface area contributed by atoms with Crippen molar-refractivity contribution >= 4 is 39.2 Å². The van der Waals surface area contributed by atoms with Crippen molar-refractivity contribution in [3.63, 3.8) is 0 Å². The van der Waals surface area contributed by atoms with Gasteiger partial charge in [0.15, 0.2) is 23.1 Å². The Bertz CT molecular complexity index is 1560. The van der Waals surface area contributed by atoms with Gasteiger partial charge >= 0.3 is 16.4 Å². The van der Waals surface area contributed by atoms with Gasteiger partial charge < -0.3 is 33.6 Å². The minimum atomic E-state index is -4.83. The van der Waals surface area contributed by atoms with Crippen LogP contribution in [0.3, 0.4) is 0 Å². The van der Waals surface area contributed by atoms with Crippen LogP contribution in [0.4, 0.5) is 10.1 Å². The zero-order valence-corrected chi connectivity index (χ0v) is 24.1. The molecule has 0 unspecified atom stereocenters. The lowest BCUT2D eigenvalue weighted by atomic mass is 10.1. The molecule has 2 heterocycles. The van der Waals surface area contributed by atoms with E-state index in [9.17, 15) is 27.0 Å². The molecule has 0 bridgehead atoms. The summed E-state index contributed by atoms with van der Waals surface area (Å²) in [5, 5.41) is 11.4. The summed E-state index contributed by atoms with van der Waals surface area (Å²) in [4.78, 5) is 26.6. The number of anilines is 1. The van der Waals surface area contributed by atoms with E-state index in [1.54, 1.807) is 13.1 Å². The summed E-state index contributed by atoms with van der Waals surface area (Å²) in [7, 11) is -3.16. The molecule has 2 aliphatic rings. The Morgan fingerprint density at radius 3 is 2.47 bits per heavy atom. The van der Waals surface area contributed by atoms with Crippen molar-refractivity contribution in [2.75, 3.05) is 51.8 Å². The van der Waals surface area contributed by atoms with E-state index in [2.05, 4.69) is 15.2 Å². The highest BCUT2D eigenvalue weighted by Gasteiger charge is 2.50. The van der Waals surface area contributed by atoms with Gasteiger partial charge in [-0.2, -0.15) is 8.42 Å². The van der Waals surface area contributed by atoms with Crippen LogP contribution >= 0.6 is 0 Å². The number of fused-ring (bicyclic) bond motifs is 1. The normalized spacial score (nSPS) is 16.0. The van der Waals surface area contributed by atoms with Crippen LogP contribution in [0.25, 0.3) is 10.9 Å². The molecule has 2 aromatic carbocycles. The van der Waals surface area contributed by atoms with E-state index >= 15 is 0 Å². The van der Waals surface area contributed by atoms with Gasteiger partial charge in [-0.15, -0.1) is 0 Å². The molecule has 13 nitrogen and oxygen atoms in total. The lowest BCUT2D eigenvalue weighted by molar-refractivity contribution is -0.145. The summed E-state index contributed by atoms with van der Waals surface area (Å²) in [5.74, 6) is -1.53. The molecule has 232 valence electrons. The highest BCUT2D eigenvalue weighted by atomic mass is 32.3. The molecule has 1 aliphatic carbocycles. The molecular weight excluding hydrogens is 589 g/mol. The first-order valence-corrected chi connectivity index (χ1v) is 14.8. The SMILES string of the molecule is CNc1ccc(Oc2ccnc3cc(OCCCN4CCOCC4)c(OS(=O)(=O)O)cc23)c(F)c1.O=CC1(C(=O)O)CC1. The monoisotopic (exact) mass is 621 g/mol. The van der Waals surface area contributed by atoms with Crippen molar-refractivity contribution in [2.45, 2.75) is 19.3 Å². The van der Waals surface area contributed by atoms with Crippen molar-refractivity contribution in [2.24, 2.45) is 5.41 Å². The molecule has 15 heteroatoms. The molecular formula is C28H32FN3O10S. The molecule has 3 aromatic rings. The lowest BCUT2D eigenvalue weighted by Crippen LogP contribution is -2.37. The molecule has 1 aliphatic heterocycles. The Kier molecular flexibility index (Phi) is 10.3. The average Bonchev–Trinajstić information content (AvgIpc) is 3.79. The summed E-state index contributed by atoms with van der Waals surface area (Å²) in [5.41, 5.74) is 0.00862. The smallest absolute Gasteiger partial charge is 0.446 e. The standard InChI is InChI=1S/C23H26FN3O7S.C5H6O3/c1-25-16-3-4-21(18(24)13-16)33-20-5-6-26-19-15-22(23(14-17(19)20)34-35(28,29)30)32-10-2-7-27-8-11-31-12-9-27;6-3-5(1-2-5)4(7)8/h3-6,13-15,25H,2,7-12H2,1H3,(H,28,29,30);3H,1-2H2,(H,7,8). The number of hydrogen-bond donors (Lipinski definition) is 3. The molecule has 3 N–H and O–H groups in total. The number of aromatic nitrogens is 1. The van der Waals surface area contributed by atoms with Crippen molar-refractivity contribution < 1.29 is 50.5 Å². The number of carbonyl (C=O) groups is 2. The Balaban J connectivity index is 0.000000458. The van der Waals surface area contributed by atoms with Crippen LogP contribution < -0.4 is 19.0 Å². The van der Waals surface area contributed by atoms with E-state index in [4.69, 9.17) is 23.5 Å². The number of rotatable bonds is 12. The fourth-order valence-corrected chi connectivity index (χ4v) is 4.54. The second-order valence-electron chi connectivity index (χ2n) is 9.87. The number of morpholine rings is 1. The van der Waals surface area contributed by atoms with Gasteiger partial charge in [0.1, 0.15) is 17.5 Å². The quantitative estimate of drug-likeness (QED) is 0.116. The van der Waals surface area contributed by atoms with Gasteiger partial charge in [-0.3, -0.25) is 19.2 Å². The van der Waals surface area contributed by atoms with Gasteiger partial charge in [0.25, 0.3) is 0 Å². The summed E-state index contributed by atoms with van der Waals surface area (Å²) in [6.07, 6.45) is 3.72. The fraction of sp³-hybridized carbons (Fsp3) is 0.393. The van der Waals surface area contributed by atoms with Crippen molar-refractivity contribution in [3.05, 3.63) is 48.4 Å². The zero-order chi connectivity index (χ0) is 31.0. The van der Waals surface area contributed by atoms with Crippen molar-refractivity contribution in [3.8, 4) is 23.0 Å². The van der Waals surface area contributed by atoms with Crippen LogP contribution in [0.2, 0.25) is 0 Å². The number of benzene rings is 2. The average molecular weight is 622 g/mol. The van der Waals surface area contributed by atoms with E-state index in [0.717, 1.165) is 19.6 Å². The Morgan fingerprint density at radius 2 is 1.88 bits per heavy atom. The van der Waals surface area contributed by atoms with Crippen molar-refractivity contribution in [1.29, 1.82) is 0 Å². The first-order valence-electron chi connectivity index (χ1n) is 13.4. The number of ether oxygens (including phenoxy) is 3. The number of pyridine rings is 1. The fourth-order valence-electron chi connectivity index (χ4n) is 4.18. The third-order valence-electron chi connectivity index (χ3n) is 6.82. The molecule has 0 radical (unpaired) electrons. The van der Waals surface area contributed by atoms with Gasteiger partial charge in [-0.1, -0.05) is 0 Å². The largest absolute Gasteiger partial charge is 0.490 e. The maximum absolute atomic E-state index is 14.4. The third-order valence-corrected chi connectivity index (χ3v) is 7.21. The lowest BCUT2D eigenvalue weighted by Gasteiger charge is -2.26. The van der Waals surface area contributed by atoms with Crippen LogP contribution in [0.1, 0.15) is 19.3 Å². The third kappa shape index (κ3) is 8.73. The Morgan fingerprint density at radius 1 is 1.14 bits per heavy atom. The molecule has 0 amide bonds. The number of aliphatic carboxylic acids is 1. The van der Waals surface area contributed by atoms with E-state index in [1.165, 1.54) is 36.5 Å². The topological polar surface area (TPSA) is 174 Å². The predicted molar refractivity (Wildman–Crippen MR) is 153 cm³/mol. The molecule has 0 atom stereocenters. The molecule has 0 spiro atoms. The summed E-state index contributed by atoms with van der Waals surface area (Å²) < 4.78 is 68.3. The molecule has 43 heavy (non-hydrogen) atoms. The van der Waals surface area contributed by atoms with Crippen LogP contribution in [0.15, 0.2) is 42.6 Å². The minimum Gasteiger partial charge on any atom is -0.490 e. The number of carboxylic acid groups (broad SMARTS) is 1. The highest BCUT2D eigenvalue weighted by Crippen LogP contribution is 2.43. The van der Waals surface area contributed by atoms with Gasteiger partial charge in [-0.25, -0.2) is 4.39 Å². The Labute approximate surface area is 247 Å². The van der Waals surface area contributed by atoms with Crippen LogP contribution in [-0.2, 0) is 24.7 Å². The number of nitrogens with zero attached hydrogens (tertiary/aromatic N) is 2. The molecule has 1 aromatic heterocycles. The number of carbonyl (C=O) groups excluding carboxylic acids is 1. The van der Waals surface area contributed by atoms with E-state index in [0.29, 0.717) is 55.4 Å². The minimum absolute atomic E-state index is 0.0304. The number of hydrogen-bond acceptors (Lipinski definition) is 11. The van der Waals surface area contributed by atoms with Crippen molar-refractivity contribution in [1.82, 2.24) is 9.88 Å². The second-order valence-corrected chi connectivity index (χ2v) is 10.9. The van der Waals surface area contributed by atoms with Gasteiger partial charge in [0.05, 0.1) is 25.3 Å². The molecule has 2 fully saturated rings. The van der Waals surface area contributed by atoms with E-state index < -0.39 is 27.6 Å². The van der Waals surface area contributed by atoms with Crippen LogP contribution in [-0.4, -0.2) is 86.7 Å². The van der Waals surface area contributed by atoms with Gasteiger partial charge in [0.2, 0.25) is 0 Å². The number of aldehydes is 1. The summed E-state index contributed by atoms with van der Waals surface area (Å²) in [6.45, 7) is 4.15. The predicted octanol–water partition coefficient (Wildman–Crippen LogP) is 3.54. The summed E-state index contributed by atoms with van der Waals surface area (Å²) in [6, 6.07) is 8.72. The van der Waals surface area contributed by atoms with E-state index in [1.807, 2.05) is 0 Å². The Hall–Kier alpha value is -4.05. The van der Waals surface area contributed by atoms with Crippen LogP contribution in [0.5, 0.6) is 23.0 Å². The maximum atomic E-state index is 14.4. The first-order chi connectivity index (χ1) is 20.5. The number of nitrogens with one attached hydrogen (secondary N) is 1. The number of halogens is 1. The van der Waals surface area contributed by atoms with Gasteiger partial charge in [0, 0.05) is 56.1 Å². The molecule has 1 saturated carbocycles. The van der Waals surface area contributed by atoms with Gasteiger partial charge in [-0.05, 0) is 43.5 Å². The first kappa shape index (κ1) is 31.9. The zero-order valence-electron chi connectivity index (χ0n) is 23.3. The maximum Gasteiger partial charge on any atom is 0.446 e.